The van der Waals surface area contributed by atoms with Gasteiger partial charge in [0.1, 0.15) is 18.2 Å². The van der Waals surface area contributed by atoms with E-state index in [0.717, 1.165) is 5.56 Å². The van der Waals surface area contributed by atoms with E-state index in [1.54, 1.807) is 23.5 Å². The fourth-order valence-electron chi connectivity index (χ4n) is 2.09. The minimum atomic E-state index is -0.358. The quantitative estimate of drug-likeness (QED) is 0.624. The number of thiophene rings is 1. The molecule has 3 aromatic rings. The highest BCUT2D eigenvalue weighted by atomic mass is 32.1. The molecule has 0 aliphatic rings. The molecule has 0 atom stereocenters. The number of hydrogen-bond donors (Lipinski definition) is 1. The number of aromatic nitrogens is 2. The molecule has 0 aliphatic carbocycles. The second-order valence-electron chi connectivity index (χ2n) is 5.18. The van der Waals surface area contributed by atoms with Gasteiger partial charge in [-0.25, -0.2) is 4.39 Å². The molecule has 1 N–H and O–H groups in total. The van der Waals surface area contributed by atoms with Crippen LogP contribution in [0.25, 0.3) is 11.4 Å². The van der Waals surface area contributed by atoms with Crippen molar-refractivity contribution in [3.63, 3.8) is 0 Å². The van der Waals surface area contributed by atoms with E-state index in [-0.39, 0.29) is 24.8 Å². The fourth-order valence-corrected chi connectivity index (χ4v) is 2.72. The molecule has 3 rings (SSSR count). The Labute approximate surface area is 147 Å². The highest BCUT2D eigenvalue weighted by Gasteiger charge is 2.10. The predicted molar refractivity (Wildman–Crippen MR) is 90.8 cm³/mol. The Morgan fingerprint density at radius 1 is 1.36 bits per heavy atom. The summed E-state index contributed by atoms with van der Waals surface area (Å²) in [6.45, 7) is 0.595. The number of benzene rings is 1. The van der Waals surface area contributed by atoms with E-state index in [4.69, 9.17) is 9.26 Å². The average Bonchev–Trinajstić information content (AvgIpc) is 3.28. The van der Waals surface area contributed by atoms with Crippen LogP contribution < -0.4 is 10.1 Å². The number of carbonyl (C=O) groups excluding carboxylic acids is 1. The van der Waals surface area contributed by atoms with E-state index >= 15 is 0 Å². The van der Waals surface area contributed by atoms with Gasteiger partial charge in [0.2, 0.25) is 17.6 Å². The molecule has 8 heteroatoms. The van der Waals surface area contributed by atoms with Crippen LogP contribution in [0.5, 0.6) is 5.75 Å². The summed E-state index contributed by atoms with van der Waals surface area (Å²) in [7, 11) is 0. The normalized spacial score (nSPS) is 10.6. The van der Waals surface area contributed by atoms with Crippen molar-refractivity contribution >= 4 is 17.2 Å². The van der Waals surface area contributed by atoms with E-state index < -0.39 is 0 Å². The second-order valence-corrected chi connectivity index (χ2v) is 5.96. The molecular formula is C17H16FN3O3S. The van der Waals surface area contributed by atoms with Crippen LogP contribution in [0, 0.1) is 5.82 Å². The molecule has 2 heterocycles. The van der Waals surface area contributed by atoms with Crippen molar-refractivity contribution in [2.45, 2.75) is 12.8 Å². The first-order chi connectivity index (χ1) is 12.2. The fraction of sp³-hybridized carbons (Fsp3) is 0.235. The molecule has 0 bridgehead atoms. The molecular weight excluding hydrogens is 345 g/mol. The molecule has 0 fully saturated rings. The summed E-state index contributed by atoms with van der Waals surface area (Å²) in [5, 5.41) is 10.5. The maximum atomic E-state index is 13.0. The smallest absolute Gasteiger partial charge is 0.227 e. The lowest BCUT2D eigenvalue weighted by atomic mass is 10.3. The maximum Gasteiger partial charge on any atom is 0.227 e. The summed E-state index contributed by atoms with van der Waals surface area (Å²) in [6.07, 6.45) is 0.610. The second kappa shape index (κ2) is 8.39. The van der Waals surface area contributed by atoms with Gasteiger partial charge in [-0.05, 0) is 23.6 Å². The van der Waals surface area contributed by atoms with Crippen molar-refractivity contribution in [2.75, 3.05) is 13.2 Å². The monoisotopic (exact) mass is 361 g/mol. The topological polar surface area (TPSA) is 77.2 Å². The molecule has 130 valence electrons. The molecule has 25 heavy (non-hydrogen) atoms. The van der Waals surface area contributed by atoms with E-state index in [1.807, 2.05) is 16.8 Å². The SMILES string of the molecule is O=C(CCc1nc(-c2ccsc2)no1)NCCOc1cccc(F)c1. The third-order valence-electron chi connectivity index (χ3n) is 3.30. The Balaban J connectivity index is 1.35. The molecule has 0 saturated heterocycles. The predicted octanol–water partition coefficient (Wildman–Crippen LogP) is 3.07. The van der Waals surface area contributed by atoms with Gasteiger partial charge in [-0.2, -0.15) is 16.3 Å². The first kappa shape index (κ1) is 17.1. The van der Waals surface area contributed by atoms with Crippen LogP contribution in [-0.2, 0) is 11.2 Å². The number of rotatable bonds is 8. The summed E-state index contributed by atoms with van der Waals surface area (Å²) in [5.74, 6) is 0.884. The highest BCUT2D eigenvalue weighted by Crippen LogP contribution is 2.19. The molecule has 0 radical (unpaired) electrons. The third-order valence-corrected chi connectivity index (χ3v) is 3.99. The van der Waals surface area contributed by atoms with E-state index in [1.165, 1.54) is 12.1 Å². The van der Waals surface area contributed by atoms with Gasteiger partial charge in [0, 0.05) is 29.9 Å². The van der Waals surface area contributed by atoms with Gasteiger partial charge in [-0.1, -0.05) is 11.2 Å². The van der Waals surface area contributed by atoms with Crippen LogP contribution in [0.2, 0.25) is 0 Å². The van der Waals surface area contributed by atoms with Crippen LogP contribution in [0.4, 0.5) is 4.39 Å². The minimum absolute atomic E-state index is 0.141. The molecule has 0 spiro atoms. The van der Waals surface area contributed by atoms with Crippen LogP contribution in [0.15, 0.2) is 45.6 Å². The maximum absolute atomic E-state index is 13.0. The number of ether oxygens (including phenoxy) is 1. The summed E-state index contributed by atoms with van der Waals surface area (Å²) >= 11 is 1.55. The Kier molecular flexibility index (Phi) is 5.73. The van der Waals surface area contributed by atoms with Crippen LogP contribution in [0.1, 0.15) is 12.3 Å². The zero-order valence-corrected chi connectivity index (χ0v) is 14.1. The summed E-state index contributed by atoms with van der Waals surface area (Å²) < 4.78 is 23.5. The van der Waals surface area contributed by atoms with Crippen LogP contribution in [-0.4, -0.2) is 29.2 Å². The number of nitrogens with zero attached hydrogens (tertiary/aromatic N) is 2. The van der Waals surface area contributed by atoms with Crippen molar-refractivity contribution in [1.29, 1.82) is 0 Å². The minimum Gasteiger partial charge on any atom is -0.492 e. The lowest BCUT2D eigenvalue weighted by Gasteiger charge is -2.07. The highest BCUT2D eigenvalue weighted by molar-refractivity contribution is 7.08. The first-order valence-corrected chi connectivity index (χ1v) is 8.65. The van der Waals surface area contributed by atoms with Gasteiger partial charge in [0.15, 0.2) is 0 Å². The van der Waals surface area contributed by atoms with Gasteiger partial charge < -0.3 is 14.6 Å². The Morgan fingerprint density at radius 3 is 3.08 bits per heavy atom. The van der Waals surface area contributed by atoms with E-state index in [9.17, 15) is 9.18 Å². The van der Waals surface area contributed by atoms with Crippen LogP contribution >= 0.6 is 11.3 Å². The summed E-state index contributed by atoms with van der Waals surface area (Å²) in [4.78, 5) is 16.1. The molecule has 1 amide bonds. The van der Waals surface area contributed by atoms with E-state index in [2.05, 4.69) is 15.5 Å². The molecule has 6 nitrogen and oxygen atoms in total. The zero-order valence-electron chi connectivity index (χ0n) is 13.3. The van der Waals surface area contributed by atoms with Gasteiger partial charge in [0.05, 0.1) is 6.54 Å². The number of amides is 1. The van der Waals surface area contributed by atoms with Crippen LogP contribution in [0.3, 0.4) is 0 Å². The third kappa shape index (κ3) is 5.12. The van der Waals surface area contributed by atoms with Crippen molar-refractivity contribution in [3.8, 4) is 17.1 Å². The van der Waals surface area contributed by atoms with Gasteiger partial charge >= 0.3 is 0 Å². The first-order valence-electron chi connectivity index (χ1n) is 7.71. The van der Waals surface area contributed by atoms with Crippen molar-refractivity contribution < 1.29 is 18.4 Å². The standard InChI is InChI=1S/C17H16FN3O3S/c18-13-2-1-3-14(10-13)23-8-7-19-15(22)4-5-16-20-17(21-24-16)12-6-9-25-11-12/h1-3,6,9-11H,4-5,7-8H2,(H,19,22). The average molecular weight is 361 g/mol. The molecule has 0 aliphatic heterocycles. The number of carbonyl (C=O) groups is 1. The largest absolute Gasteiger partial charge is 0.492 e. The van der Waals surface area contributed by atoms with Gasteiger partial charge in [0.25, 0.3) is 0 Å². The van der Waals surface area contributed by atoms with Crippen molar-refractivity contribution in [2.24, 2.45) is 0 Å². The number of halogens is 1. The summed E-state index contributed by atoms with van der Waals surface area (Å²) in [6, 6.07) is 7.77. The van der Waals surface area contributed by atoms with Crippen molar-refractivity contribution in [1.82, 2.24) is 15.5 Å². The zero-order chi connectivity index (χ0) is 17.5. The Hall–Kier alpha value is -2.74. The molecule has 1 aromatic carbocycles. The number of nitrogens with one attached hydrogen (secondary N) is 1. The summed E-state index contributed by atoms with van der Waals surface area (Å²) in [5.41, 5.74) is 0.902. The van der Waals surface area contributed by atoms with Gasteiger partial charge in [-0.15, -0.1) is 0 Å². The molecule has 0 unspecified atom stereocenters. The van der Waals surface area contributed by atoms with Gasteiger partial charge in [-0.3, -0.25) is 4.79 Å². The van der Waals surface area contributed by atoms with E-state index in [0.29, 0.717) is 30.4 Å². The number of aryl methyl sites for hydroxylation is 1. The Bertz CT molecular complexity index is 820. The molecule has 0 saturated carbocycles. The number of hydrogen-bond acceptors (Lipinski definition) is 6. The van der Waals surface area contributed by atoms with Crippen molar-refractivity contribution in [3.05, 3.63) is 52.8 Å². The lowest BCUT2D eigenvalue weighted by Crippen LogP contribution is -2.28. The molecule has 2 aromatic heterocycles. The Morgan fingerprint density at radius 2 is 2.28 bits per heavy atom. The lowest BCUT2D eigenvalue weighted by molar-refractivity contribution is -0.121.